The molecular weight excluding hydrogens is 266 g/mol. The minimum absolute atomic E-state index is 0.140. The number of esters is 1. The van der Waals surface area contributed by atoms with Gasteiger partial charge in [0.2, 0.25) is 0 Å². The van der Waals surface area contributed by atoms with Crippen LogP contribution in [0.25, 0.3) is 0 Å². The van der Waals surface area contributed by atoms with Gasteiger partial charge in [-0.05, 0) is 53.6 Å². The number of nitrogens with one attached hydrogen (secondary N) is 1. The zero-order chi connectivity index (χ0) is 15.5. The fourth-order valence-corrected chi connectivity index (χ4v) is 3.71. The van der Waals surface area contributed by atoms with Gasteiger partial charge in [0.05, 0.1) is 6.61 Å². The molecular formula is C16H31N3O2. The van der Waals surface area contributed by atoms with Crippen LogP contribution in [0.4, 0.5) is 0 Å². The lowest BCUT2D eigenvalue weighted by molar-refractivity contribution is -0.151. The van der Waals surface area contributed by atoms with Crippen LogP contribution < -0.4 is 5.32 Å². The first-order chi connectivity index (χ1) is 10.00. The summed E-state index contributed by atoms with van der Waals surface area (Å²) in [6.45, 7) is 11.2. The van der Waals surface area contributed by atoms with Gasteiger partial charge in [-0.3, -0.25) is 14.6 Å². The van der Waals surface area contributed by atoms with E-state index in [1.165, 1.54) is 25.9 Å². The summed E-state index contributed by atoms with van der Waals surface area (Å²) in [6, 6.07) is 1.11. The SMILES string of the molecule is CCOC(=O)C(C)(CC(C)N1CCN2CCCC2C1)NC. The van der Waals surface area contributed by atoms with Gasteiger partial charge in [0.1, 0.15) is 5.54 Å². The lowest BCUT2D eigenvalue weighted by Gasteiger charge is -2.42. The molecule has 2 aliphatic heterocycles. The van der Waals surface area contributed by atoms with Crippen LogP contribution >= 0.6 is 0 Å². The molecule has 122 valence electrons. The van der Waals surface area contributed by atoms with Crippen molar-refractivity contribution < 1.29 is 9.53 Å². The Balaban J connectivity index is 1.92. The van der Waals surface area contributed by atoms with Crippen molar-refractivity contribution in [1.82, 2.24) is 15.1 Å². The van der Waals surface area contributed by atoms with Crippen LogP contribution in [0.15, 0.2) is 0 Å². The molecule has 2 heterocycles. The maximum absolute atomic E-state index is 12.2. The summed E-state index contributed by atoms with van der Waals surface area (Å²) >= 11 is 0. The number of hydrogen-bond acceptors (Lipinski definition) is 5. The molecule has 0 aliphatic carbocycles. The standard InChI is InChI=1S/C16H31N3O2/c1-5-21-15(20)16(3,17-4)11-13(2)19-10-9-18-8-6-7-14(18)12-19/h13-14,17H,5-12H2,1-4H3. The second-order valence-corrected chi connectivity index (χ2v) is 6.68. The predicted octanol–water partition coefficient (Wildman–Crippen LogP) is 1.09. The number of rotatable bonds is 6. The molecule has 0 spiro atoms. The van der Waals surface area contributed by atoms with Crippen LogP contribution in [0, 0.1) is 0 Å². The second kappa shape index (κ2) is 7.07. The van der Waals surface area contributed by atoms with E-state index in [4.69, 9.17) is 4.74 Å². The number of likely N-dealkylation sites (N-methyl/N-ethyl adjacent to an activating group) is 1. The monoisotopic (exact) mass is 297 g/mol. The van der Waals surface area contributed by atoms with Crippen molar-refractivity contribution in [3.05, 3.63) is 0 Å². The Hall–Kier alpha value is -0.650. The molecule has 0 radical (unpaired) electrons. The number of ether oxygens (including phenoxy) is 1. The van der Waals surface area contributed by atoms with Crippen molar-refractivity contribution in [2.75, 3.05) is 39.8 Å². The summed E-state index contributed by atoms with van der Waals surface area (Å²) in [4.78, 5) is 17.3. The third-order valence-corrected chi connectivity index (χ3v) is 5.22. The second-order valence-electron chi connectivity index (χ2n) is 6.68. The van der Waals surface area contributed by atoms with Crippen molar-refractivity contribution in [2.45, 2.75) is 57.7 Å². The van der Waals surface area contributed by atoms with Crippen LogP contribution in [0.3, 0.4) is 0 Å². The predicted molar refractivity (Wildman–Crippen MR) is 84.3 cm³/mol. The summed E-state index contributed by atoms with van der Waals surface area (Å²) in [7, 11) is 1.85. The topological polar surface area (TPSA) is 44.8 Å². The molecule has 21 heavy (non-hydrogen) atoms. The number of piperazine rings is 1. The van der Waals surface area contributed by atoms with Crippen molar-refractivity contribution >= 4 is 5.97 Å². The van der Waals surface area contributed by atoms with E-state index in [1.54, 1.807) is 0 Å². The number of hydrogen-bond donors (Lipinski definition) is 1. The zero-order valence-corrected chi connectivity index (χ0v) is 14.0. The molecule has 0 saturated carbocycles. The van der Waals surface area contributed by atoms with Crippen LogP contribution in [0.1, 0.15) is 40.0 Å². The fraction of sp³-hybridized carbons (Fsp3) is 0.938. The summed E-state index contributed by atoms with van der Waals surface area (Å²) in [5.74, 6) is -0.140. The van der Waals surface area contributed by atoms with Crippen molar-refractivity contribution in [3.8, 4) is 0 Å². The third kappa shape index (κ3) is 3.76. The third-order valence-electron chi connectivity index (χ3n) is 5.22. The molecule has 3 atom stereocenters. The molecule has 0 amide bonds. The lowest BCUT2D eigenvalue weighted by Crippen LogP contribution is -2.57. The molecule has 0 aromatic heterocycles. The Morgan fingerprint density at radius 1 is 1.43 bits per heavy atom. The van der Waals surface area contributed by atoms with Crippen LogP contribution in [0.2, 0.25) is 0 Å². The highest BCUT2D eigenvalue weighted by atomic mass is 16.5. The van der Waals surface area contributed by atoms with E-state index in [0.29, 0.717) is 12.6 Å². The highest BCUT2D eigenvalue weighted by molar-refractivity contribution is 5.80. The number of nitrogens with zero attached hydrogens (tertiary/aromatic N) is 2. The van der Waals surface area contributed by atoms with Gasteiger partial charge in [0.15, 0.2) is 0 Å². The molecule has 2 saturated heterocycles. The van der Waals surface area contributed by atoms with E-state index in [9.17, 15) is 4.79 Å². The first kappa shape index (κ1) is 16.7. The summed E-state index contributed by atoms with van der Waals surface area (Å²) < 4.78 is 5.23. The van der Waals surface area contributed by atoms with Crippen LogP contribution in [0.5, 0.6) is 0 Å². The Bertz CT molecular complexity index is 363. The van der Waals surface area contributed by atoms with Crippen molar-refractivity contribution in [2.24, 2.45) is 0 Å². The molecule has 1 N–H and O–H groups in total. The van der Waals surface area contributed by atoms with Gasteiger partial charge in [0.25, 0.3) is 0 Å². The smallest absolute Gasteiger partial charge is 0.326 e. The molecule has 2 rings (SSSR count). The van der Waals surface area contributed by atoms with E-state index in [2.05, 4.69) is 22.0 Å². The Morgan fingerprint density at radius 3 is 2.86 bits per heavy atom. The summed E-state index contributed by atoms with van der Waals surface area (Å²) in [5.41, 5.74) is -0.595. The largest absolute Gasteiger partial charge is 0.465 e. The van der Waals surface area contributed by atoms with Gasteiger partial charge in [-0.15, -0.1) is 0 Å². The van der Waals surface area contributed by atoms with Gasteiger partial charge in [-0.25, -0.2) is 0 Å². The lowest BCUT2D eigenvalue weighted by atomic mass is 9.92. The highest BCUT2D eigenvalue weighted by Gasteiger charge is 2.38. The van der Waals surface area contributed by atoms with Gasteiger partial charge in [-0.2, -0.15) is 0 Å². The fourth-order valence-electron chi connectivity index (χ4n) is 3.71. The normalized spacial score (nSPS) is 27.9. The number of fused-ring (bicyclic) bond motifs is 1. The maximum Gasteiger partial charge on any atom is 0.326 e. The molecule has 5 heteroatoms. The number of carbonyl (C=O) groups is 1. The van der Waals surface area contributed by atoms with Crippen LogP contribution in [-0.2, 0) is 9.53 Å². The number of carbonyl (C=O) groups excluding carboxylic acids is 1. The first-order valence-electron chi connectivity index (χ1n) is 8.34. The van der Waals surface area contributed by atoms with E-state index in [1.807, 2.05) is 20.9 Å². The highest BCUT2D eigenvalue weighted by Crippen LogP contribution is 2.25. The van der Waals surface area contributed by atoms with Crippen molar-refractivity contribution in [3.63, 3.8) is 0 Å². The molecule has 0 aromatic carbocycles. The minimum Gasteiger partial charge on any atom is -0.465 e. The van der Waals surface area contributed by atoms with E-state index in [0.717, 1.165) is 25.6 Å². The molecule has 5 nitrogen and oxygen atoms in total. The molecule has 3 unspecified atom stereocenters. The van der Waals surface area contributed by atoms with E-state index >= 15 is 0 Å². The maximum atomic E-state index is 12.2. The Labute approximate surface area is 129 Å². The minimum atomic E-state index is -0.595. The molecule has 2 aliphatic rings. The Morgan fingerprint density at radius 2 is 2.19 bits per heavy atom. The van der Waals surface area contributed by atoms with E-state index < -0.39 is 5.54 Å². The van der Waals surface area contributed by atoms with E-state index in [-0.39, 0.29) is 5.97 Å². The van der Waals surface area contributed by atoms with Gasteiger partial charge >= 0.3 is 5.97 Å². The van der Waals surface area contributed by atoms with Gasteiger partial charge < -0.3 is 10.1 Å². The molecule has 2 fully saturated rings. The average Bonchev–Trinajstić information content (AvgIpc) is 2.94. The van der Waals surface area contributed by atoms with Gasteiger partial charge in [0, 0.05) is 31.7 Å². The summed E-state index contributed by atoms with van der Waals surface area (Å²) in [5, 5.41) is 3.17. The molecule has 0 bridgehead atoms. The first-order valence-corrected chi connectivity index (χ1v) is 8.34. The van der Waals surface area contributed by atoms with Crippen LogP contribution in [-0.4, -0.2) is 73.2 Å². The quantitative estimate of drug-likeness (QED) is 0.744. The van der Waals surface area contributed by atoms with Crippen molar-refractivity contribution in [1.29, 1.82) is 0 Å². The average molecular weight is 297 g/mol. The summed E-state index contributed by atoms with van der Waals surface area (Å²) in [6.07, 6.45) is 3.45. The Kier molecular flexibility index (Phi) is 5.63. The zero-order valence-electron chi connectivity index (χ0n) is 14.0. The van der Waals surface area contributed by atoms with Gasteiger partial charge in [-0.1, -0.05) is 0 Å². The molecule has 0 aromatic rings.